The minimum absolute atomic E-state index is 0.109. The number of nitrogens with one attached hydrogen (secondary N) is 2. The van der Waals surface area contributed by atoms with Gasteiger partial charge in [-0.25, -0.2) is 0 Å². The topological polar surface area (TPSA) is 41.1 Å². The lowest BCUT2D eigenvalue weighted by atomic mass is 9.94. The van der Waals surface area contributed by atoms with Crippen LogP contribution in [0.3, 0.4) is 0 Å². The summed E-state index contributed by atoms with van der Waals surface area (Å²) in [4.78, 5) is 11.4. The Labute approximate surface area is 138 Å². The standard InChI is InChI=1S/C17H17IN2O/c1-19-17(12-3-2-4-14(18)10-12)13-5-7-15-11(9-13)6-8-16(21)20-15/h2-5,7,9-10,17,19H,6,8H2,1H3,(H,20,21). The molecule has 1 amide bonds. The Hall–Kier alpha value is -1.40. The molecule has 2 N–H and O–H groups in total. The van der Waals surface area contributed by atoms with Crippen molar-refractivity contribution in [2.45, 2.75) is 18.9 Å². The maximum atomic E-state index is 11.4. The van der Waals surface area contributed by atoms with E-state index in [4.69, 9.17) is 0 Å². The third-order valence-corrected chi connectivity index (χ3v) is 4.50. The smallest absolute Gasteiger partial charge is 0.224 e. The highest BCUT2D eigenvalue weighted by atomic mass is 127. The molecule has 21 heavy (non-hydrogen) atoms. The van der Waals surface area contributed by atoms with Gasteiger partial charge in [-0.15, -0.1) is 0 Å². The van der Waals surface area contributed by atoms with Crippen LogP contribution in [0.1, 0.15) is 29.2 Å². The molecule has 0 saturated heterocycles. The Kier molecular flexibility index (Phi) is 4.26. The number of carbonyl (C=O) groups is 1. The Morgan fingerprint density at radius 1 is 1.14 bits per heavy atom. The number of anilines is 1. The van der Waals surface area contributed by atoms with Gasteiger partial charge in [0.15, 0.2) is 0 Å². The van der Waals surface area contributed by atoms with Crippen LogP contribution in [0.2, 0.25) is 0 Å². The van der Waals surface area contributed by atoms with E-state index in [9.17, 15) is 4.79 Å². The summed E-state index contributed by atoms with van der Waals surface area (Å²) in [5.41, 5.74) is 4.66. The molecular weight excluding hydrogens is 375 g/mol. The van der Waals surface area contributed by atoms with Crippen LogP contribution in [0.25, 0.3) is 0 Å². The van der Waals surface area contributed by atoms with Crippen LogP contribution in [0.4, 0.5) is 5.69 Å². The SMILES string of the molecule is CNC(c1cccc(I)c1)c1ccc2c(c1)CCC(=O)N2. The van der Waals surface area contributed by atoms with Crippen LogP contribution in [-0.2, 0) is 11.2 Å². The molecule has 3 nitrogen and oxygen atoms in total. The van der Waals surface area contributed by atoms with E-state index in [1.165, 1.54) is 20.3 Å². The van der Waals surface area contributed by atoms with Crippen molar-refractivity contribution >= 4 is 34.2 Å². The van der Waals surface area contributed by atoms with Gasteiger partial charge < -0.3 is 10.6 Å². The molecule has 0 spiro atoms. The maximum Gasteiger partial charge on any atom is 0.224 e. The van der Waals surface area contributed by atoms with Crippen molar-refractivity contribution in [1.29, 1.82) is 0 Å². The summed E-state index contributed by atoms with van der Waals surface area (Å²) in [6.45, 7) is 0. The summed E-state index contributed by atoms with van der Waals surface area (Å²) in [6, 6.07) is 15.0. The van der Waals surface area contributed by atoms with Crippen LogP contribution < -0.4 is 10.6 Å². The van der Waals surface area contributed by atoms with Crippen molar-refractivity contribution < 1.29 is 4.79 Å². The second-order valence-electron chi connectivity index (χ2n) is 5.24. The average molecular weight is 392 g/mol. The molecule has 1 atom stereocenters. The predicted molar refractivity (Wildman–Crippen MR) is 93.5 cm³/mol. The van der Waals surface area contributed by atoms with Gasteiger partial charge in [0.05, 0.1) is 6.04 Å². The van der Waals surface area contributed by atoms with Crippen LogP contribution in [-0.4, -0.2) is 13.0 Å². The normalized spacial score (nSPS) is 15.2. The summed E-state index contributed by atoms with van der Waals surface area (Å²) < 4.78 is 1.23. The van der Waals surface area contributed by atoms with E-state index in [-0.39, 0.29) is 11.9 Å². The number of benzene rings is 2. The third-order valence-electron chi connectivity index (χ3n) is 3.83. The zero-order chi connectivity index (χ0) is 14.8. The van der Waals surface area contributed by atoms with Crippen LogP contribution >= 0.6 is 22.6 Å². The highest BCUT2D eigenvalue weighted by Crippen LogP contribution is 2.29. The molecule has 0 bridgehead atoms. The minimum Gasteiger partial charge on any atom is -0.326 e. The fourth-order valence-electron chi connectivity index (χ4n) is 2.79. The first-order valence-electron chi connectivity index (χ1n) is 7.03. The lowest BCUT2D eigenvalue weighted by Gasteiger charge is -2.22. The van der Waals surface area contributed by atoms with Crippen molar-refractivity contribution in [3.05, 3.63) is 62.7 Å². The number of aryl methyl sites for hydroxylation is 1. The Morgan fingerprint density at radius 2 is 1.95 bits per heavy atom. The lowest BCUT2D eigenvalue weighted by Crippen LogP contribution is -2.21. The first kappa shape index (κ1) is 14.5. The first-order valence-corrected chi connectivity index (χ1v) is 8.10. The summed E-state index contributed by atoms with van der Waals surface area (Å²) in [6.07, 6.45) is 1.39. The van der Waals surface area contributed by atoms with E-state index in [0.29, 0.717) is 6.42 Å². The molecule has 2 aromatic carbocycles. The van der Waals surface area contributed by atoms with Gasteiger partial charge >= 0.3 is 0 Å². The number of halogens is 1. The summed E-state index contributed by atoms with van der Waals surface area (Å²) >= 11 is 2.34. The van der Waals surface area contributed by atoms with Crippen molar-refractivity contribution in [1.82, 2.24) is 5.32 Å². The molecule has 1 aliphatic heterocycles. The molecule has 1 aliphatic rings. The van der Waals surface area contributed by atoms with Gasteiger partial charge in [0.1, 0.15) is 0 Å². The second kappa shape index (κ2) is 6.15. The summed E-state index contributed by atoms with van der Waals surface area (Å²) in [7, 11) is 1.98. The molecule has 0 fully saturated rings. The summed E-state index contributed by atoms with van der Waals surface area (Å²) in [5.74, 6) is 0.109. The molecule has 0 aromatic heterocycles. The predicted octanol–water partition coefficient (Wildman–Crippen LogP) is 3.48. The van der Waals surface area contributed by atoms with E-state index < -0.39 is 0 Å². The van der Waals surface area contributed by atoms with E-state index >= 15 is 0 Å². The van der Waals surface area contributed by atoms with Gasteiger partial charge in [-0.05, 0) is 70.9 Å². The highest BCUT2D eigenvalue weighted by molar-refractivity contribution is 14.1. The minimum atomic E-state index is 0.109. The highest BCUT2D eigenvalue weighted by Gasteiger charge is 2.18. The molecule has 2 aromatic rings. The van der Waals surface area contributed by atoms with Gasteiger partial charge in [-0.3, -0.25) is 4.79 Å². The lowest BCUT2D eigenvalue weighted by molar-refractivity contribution is -0.116. The fourth-order valence-corrected chi connectivity index (χ4v) is 3.36. The molecular formula is C17H17IN2O. The fraction of sp³-hybridized carbons (Fsp3) is 0.235. The van der Waals surface area contributed by atoms with E-state index in [0.717, 1.165) is 12.1 Å². The summed E-state index contributed by atoms with van der Waals surface area (Å²) in [5, 5.41) is 6.32. The van der Waals surface area contributed by atoms with E-state index in [2.05, 4.69) is 69.6 Å². The Balaban J connectivity index is 1.96. The van der Waals surface area contributed by atoms with Gasteiger partial charge in [-0.1, -0.05) is 24.3 Å². The van der Waals surface area contributed by atoms with Gasteiger partial charge in [-0.2, -0.15) is 0 Å². The Morgan fingerprint density at radius 3 is 2.71 bits per heavy atom. The average Bonchev–Trinajstić information content (AvgIpc) is 2.48. The molecule has 4 heteroatoms. The third kappa shape index (κ3) is 3.11. The molecule has 0 radical (unpaired) electrons. The zero-order valence-electron chi connectivity index (χ0n) is 11.8. The van der Waals surface area contributed by atoms with Gasteiger partial charge in [0, 0.05) is 15.7 Å². The molecule has 1 heterocycles. The van der Waals surface area contributed by atoms with Gasteiger partial charge in [0.25, 0.3) is 0 Å². The molecule has 1 unspecified atom stereocenters. The van der Waals surface area contributed by atoms with E-state index in [1.54, 1.807) is 0 Å². The van der Waals surface area contributed by atoms with Crippen LogP contribution in [0.15, 0.2) is 42.5 Å². The van der Waals surface area contributed by atoms with Crippen molar-refractivity contribution in [2.24, 2.45) is 0 Å². The van der Waals surface area contributed by atoms with Crippen LogP contribution in [0, 0.1) is 3.57 Å². The van der Waals surface area contributed by atoms with Gasteiger partial charge in [0.2, 0.25) is 5.91 Å². The largest absolute Gasteiger partial charge is 0.326 e. The number of carbonyl (C=O) groups excluding carboxylic acids is 1. The molecule has 0 saturated carbocycles. The first-order chi connectivity index (χ1) is 10.2. The number of rotatable bonds is 3. The van der Waals surface area contributed by atoms with Crippen molar-refractivity contribution in [3.8, 4) is 0 Å². The number of hydrogen-bond acceptors (Lipinski definition) is 2. The molecule has 0 aliphatic carbocycles. The molecule has 108 valence electrons. The van der Waals surface area contributed by atoms with Crippen molar-refractivity contribution in [3.63, 3.8) is 0 Å². The number of amides is 1. The van der Waals surface area contributed by atoms with Crippen molar-refractivity contribution in [2.75, 3.05) is 12.4 Å². The second-order valence-corrected chi connectivity index (χ2v) is 6.49. The van der Waals surface area contributed by atoms with E-state index in [1.807, 2.05) is 13.1 Å². The number of hydrogen-bond donors (Lipinski definition) is 2. The zero-order valence-corrected chi connectivity index (χ0v) is 14.0. The maximum absolute atomic E-state index is 11.4. The monoisotopic (exact) mass is 392 g/mol. The molecule has 3 rings (SSSR count). The Bertz CT molecular complexity index is 684. The quantitative estimate of drug-likeness (QED) is 0.786. The van der Waals surface area contributed by atoms with Crippen LogP contribution in [0.5, 0.6) is 0 Å². The number of fused-ring (bicyclic) bond motifs is 1.